The summed E-state index contributed by atoms with van der Waals surface area (Å²) in [5, 5.41) is 0. The second kappa shape index (κ2) is 5.17. The smallest absolute Gasteiger partial charge is 0.225 e. The van der Waals surface area contributed by atoms with Gasteiger partial charge in [-0.3, -0.25) is 9.69 Å². The molecule has 0 aliphatic carbocycles. The lowest BCUT2D eigenvalue weighted by Gasteiger charge is -2.60. The summed E-state index contributed by atoms with van der Waals surface area (Å²) >= 11 is 0. The summed E-state index contributed by atoms with van der Waals surface area (Å²) in [7, 11) is 0. The van der Waals surface area contributed by atoms with Crippen molar-refractivity contribution in [2.24, 2.45) is 11.3 Å². The zero-order chi connectivity index (χ0) is 13.3. The van der Waals surface area contributed by atoms with Crippen LogP contribution in [0.15, 0.2) is 0 Å². The van der Waals surface area contributed by atoms with E-state index in [2.05, 4.69) is 18.7 Å². The summed E-state index contributed by atoms with van der Waals surface area (Å²) in [4.78, 5) is 16.2. The highest BCUT2D eigenvalue weighted by molar-refractivity contribution is 5.79. The molecule has 2 saturated heterocycles. The van der Waals surface area contributed by atoms with Crippen LogP contribution in [0.5, 0.6) is 0 Å². The SMILES string of the molecule is CC(C)OCCN1CC2(C1)CN(C(=O)C(C)C)C2. The molecular formula is C14H26N2O2. The third-order valence-corrected chi connectivity index (χ3v) is 3.83. The standard InChI is InChI=1S/C14H26N2O2/c1-11(2)13(17)16-9-14(10-16)7-15(8-14)5-6-18-12(3)4/h11-12H,5-10H2,1-4H3. The Hall–Kier alpha value is -0.610. The van der Waals surface area contributed by atoms with E-state index in [-0.39, 0.29) is 5.92 Å². The number of nitrogens with zero attached hydrogens (tertiary/aromatic N) is 2. The Kier molecular flexibility index (Phi) is 3.97. The van der Waals surface area contributed by atoms with E-state index in [9.17, 15) is 4.79 Å². The molecule has 4 nitrogen and oxygen atoms in total. The first-order chi connectivity index (χ1) is 8.42. The highest BCUT2D eigenvalue weighted by Crippen LogP contribution is 2.39. The second-order valence-corrected chi connectivity index (χ2v) is 6.48. The molecule has 2 rings (SSSR count). The van der Waals surface area contributed by atoms with Crippen molar-refractivity contribution in [2.75, 3.05) is 39.3 Å². The summed E-state index contributed by atoms with van der Waals surface area (Å²) in [5.41, 5.74) is 0.419. The molecule has 2 heterocycles. The number of hydrogen-bond acceptors (Lipinski definition) is 3. The highest BCUT2D eigenvalue weighted by Gasteiger charge is 2.52. The molecule has 0 radical (unpaired) electrons. The van der Waals surface area contributed by atoms with Gasteiger partial charge in [0.15, 0.2) is 0 Å². The minimum absolute atomic E-state index is 0.137. The van der Waals surface area contributed by atoms with Crippen molar-refractivity contribution in [2.45, 2.75) is 33.8 Å². The van der Waals surface area contributed by atoms with Crippen molar-refractivity contribution in [1.29, 1.82) is 0 Å². The van der Waals surface area contributed by atoms with Crippen molar-refractivity contribution in [3.63, 3.8) is 0 Å². The minimum atomic E-state index is 0.137. The fraction of sp³-hybridized carbons (Fsp3) is 0.929. The lowest BCUT2D eigenvalue weighted by molar-refractivity contribution is -0.163. The minimum Gasteiger partial charge on any atom is -0.377 e. The molecule has 0 atom stereocenters. The monoisotopic (exact) mass is 254 g/mol. The largest absolute Gasteiger partial charge is 0.377 e. The van der Waals surface area contributed by atoms with Gasteiger partial charge >= 0.3 is 0 Å². The van der Waals surface area contributed by atoms with Crippen LogP contribution in [0.2, 0.25) is 0 Å². The predicted molar refractivity (Wildman–Crippen MR) is 71.4 cm³/mol. The first-order valence-corrected chi connectivity index (χ1v) is 7.05. The van der Waals surface area contributed by atoms with Gasteiger partial charge in [0.05, 0.1) is 12.7 Å². The second-order valence-electron chi connectivity index (χ2n) is 6.48. The molecule has 0 bridgehead atoms. The van der Waals surface area contributed by atoms with Crippen molar-refractivity contribution in [1.82, 2.24) is 9.80 Å². The zero-order valence-electron chi connectivity index (χ0n) is 12.1. The van der Waals surface area contributed by atoms with E-state index in [0.717, 1.165) is 39.3 Å². The van der Waals surface area contributed by atoms with Crippen LogP contribution in [0.25, 0.3) is 0 Å². The van der Waals surface area contributed by atoms with Gasteiger partial charge in [-0.05, 0) is 13.8 Å². The van der Waals surface area contributed by atoms with E-state index in [1.807, 2.05) is 18.7 Å². The summed E-state index contributed by atoms with van der Waals surface area (Å²) in [5.74, 6) is 0.445. The van der Waals surface area contributed by atoms with E-state index in [1.165, 1.54) is 0 Å². The average molecular weight is 254 g/mol. The maximum absolute atomic E-state index is 11.8. The van der Waals surface area contributed by atoms with Crippen molar-refractivity contribution >= 4 is 5.91 Å². The van der Waals surface area contributed by atoms with Crippen LogP contribution >= 0.6 is 0 Å². The van der Waals surface area contributed by atoms with Gasteiger partial charge in [-0.15, -0.1) is 0 Å². The Bertz CT molecular complexity index is 301. The molecule has 1 amide bonds. The van der Waals surface area contributed by atoms with E-state index in [1.54, 1.807) is 0 Å². The fourth-order valence-corrected chi connectivity index (χ4v) is 2.96. The Labute approximate surface area is 110 Å². The fourth-order valence-electron chi connectivity index (χ4n) is 2.96. The molecule has 18 heavy (non-hydrogen) atoms. The van der Waals surface area contributed by atoms with Gasteiger partial charge in [0.25, 0.3) is 0 Å². The van der Waals surface area contributed by atoms with Crippen molar-refractivity contribution < 1.29 is 9.53 Å². The zero-order valence-corrected chi connectivity index (χ0v) is 12.1. The maximum Gasteiger partial charge on any atom is 0.225 e. The summed E-state index contributed by atoms with van der Waals surface area (Å²) in [6.45, 7) is 14.1. The molecule has 2 fully saturated rings. The van der Waals surface area contributed by atoms with Gasteiger partial charge in [-0.2, -0.15) is 0 Å². The molecule has 104 valence electrons. The van der Waals surface area contributed by atoms with Crippen molar-refractivity contribution in [3.8, 4) is 0 Å². The molecule has 0 saturated carbocycles. The molecule has 0 N–H and O–H groups in total. The molecular weight excluding hydrogens is 228 g/mol. The number of rotatable bonds is 5. The van der Waals surface area contributed by atoms with Gasteiger partial charge in [-0.25, -0.2) is 0 Å². The summed E-state index contributed by atoms with van der Waals surface area (Å²) < 4.78 is 5.55. The molecule has 1 spiro atoms. The molecule has 0 aromatic rings. The Morgan fingerprint density at radius 3 is 2.28 bits per heavy atom. The van der Waals surface area contributed by atoms with E-state index in [0.29, 0.717) is 17.4 Å². The lowest BCUT2D eigenvalue weighted by Crippen LogP contribution is -2.73. The number of carbonyl (C=O) groups is 1. The van der Waals surface area contributed by atoms with Crippen LogP contribution in [0.4, 0.5) is 0 Å². The quantitative estimate of drug-likeness (QED) is 0.739. The third kappa shape index (κ3) is 2.86. The average Bonchev–Trinajstić information content (AvgIpc) is 2.16. The number of carbonyl (C=O) groups excluding carboxylic acids is 1. The molecule has 4 heteroatoms. The Morgan fingerprint density at radius 2 is 1.78 bits per heavy atom. The van der Waals surface area contributed by atoms with Crippen LogP contribution < -0.4 is 0 Å². The van der Waals surface area contributed by atoms with Crippen LogP contribution in [-0.4, -0.2) is 61.1 Å². The van der Waals surface area contributed by atoms with Crippen LogP contribution in [0, 0.1) is 11.3 Å². The molecule has 2 aliphatic heterocycles. The maximum atomic E-state index is 11.8. The van der Waals surface area contributed by atoms with E-state index < -0.39 is 0 Å². The first kappa shape index (κ1) is 13.8. The number of likely N-dealkylation sites (tertiary alicyclic amines) is 2. The number of ether oxygens (including phenoxy) is 1. The molecule has 0 aromatic carbocycles. The number of amides is 1. The summed E-state index contributed by atoms with van der Waals surface area (Å²) in [6.07, 6.45) is 0.322. The topological polar surface area (TPSA) is 32.8 Å². The van der Waals surface area contributed by atoms with E-state index >= 15 is 0 Å². The normalized spacial score (nSPS) is 22.4. The van der Waals surface area contributed by atoms with Gasteiger partial charge in [0, 0.05) is 44.1 Å². The lowest BCUT2D eigenvalue weighted by atomic mass is 9.72. The van der Waals surface area contributed by atoms with Crippen LogP contribution in [-0.2, 0) is 9.53 Å². The highest BCUT2D eigenvalue weighted by atomic mass is 16.5. The first-order valence-electron chi connectivity index (χ1n) is 7.05. The van der Waals surface area contributed by atoms with Gasteiger partial charge in [0.2, 0.25) is 5.91 Å². The Morgan fingerprint density at radius 1 is 1.17 bits per heavy atom. The van der Waals surface area contributed by atoms with Crippen LogP contribution in [0.1, 0.15) is 27.7 Å². The predicted octanol–water partition coefficient (Wildman–Crippen LogP) is 1.21. The van der Waals surface area contributed by atoms with Crippen LogP contribution in [0.3, 0.4) is 0 Å². The molecule has 2 aliphatic rings. The third-order valence-electron chi connectivity index (χ3n) is 3.83. The molecule has 0 unspecified atom stereocenters. The molecule has 0 aromatic heterocycles. The number of hydrogen-bond donors (Lipinski definition) is 0. The van der Waals surface area contributed by atoms with Gasteiger partial charge < -0.3 is 9.64 Å². The summed E-state index contributed by atoms with van der Waals surface area (Å²) in [6, 6.07) is 0. The van der Waals surface area contributed by atoms with E-state index in [4.69, 9.17) is 4.74 Å². The van der Waals surface area contributed by atoms with Gasteiger partial charge in [0.1, 0.15) is 0 Å². The van der Waals surface area contributed by atoms with Gasteiger partial charge in [-0.1, -0.05) is 13.8 Å². The van der Waals surface area contributed by atoms with Crippen molar-refractivity contribution in [3.05, 3.63) is 0 Å². The Balaban J connectivity index is 1.61.